The number of hydrogen-bond acceptors (Lipinski definition) is 1. The molecule has 0 heterocycles. The topological polar surface area (TPSA) is 17.1 Å². The van der Waals surface area contributed by atoms with E-state index < -0.39 is 4.33 Å². The van der Waals surface area contributed by atoms with Crippen LogP contribution >= 0.6 is 23.2 Å². The van der Waals surface area contributed by atoms with Crippen LogP contribution in [0.2, 0.25) is 0 Å². The molecule has 0 radical (unpaired) electrons. The first-order valence-electron chi connectivity index (χ1n) is 3.66. The predicted molar refractivity (Wildman–Crippen MR) is 50.2 cm³/mol. The molecule has 0 aromatic carbocycles. The van der Waals surface area contributed by atoms with Crippen molar-refractivity contribution in [3.63, 3.8) is 0 Å². The van der Waals surface area contributed by atoms with Gasteiger partial charge in [0.1, 0.15) is 0 Å². The summed E-state index contributed by atoms with van der Waals surface area (Å²) in [7, 11) is 0. The summed E-state index contributed by atoms with van der Waals surface area (Å²) in [5.74, 6) is 2.29. The van der Waals surface area contributed by atoms with Crippen LogP contribution in [-0.2, 0) is 4.79 Å². The zero-order chi connectivity index (χ0) is 9.19. The summed E-state index contributed by atoms with van der Waals surface area (Å²) < 4.78 is -1.26. The highest BCUT2D eigenvalue weighted by atomic mass is 35.5. The van der Waals surface area contributed by atoms with Crippen molar-refractivity contribution >= 4 is 29.0 Å². The first-order chi connectivity index (χ1) is 5.59. The number of carbonyl (C=O) groups excluding carboxylic acids is 1. The van der Waals surface area contributed by atoms with E-state index in [1.54, 1.807) is 0 Å². The summed E-state index contributed by atoms with van der Waals surface area (Å²) in [6, 6.07) is 0. The van der Waals surface area contributed by atoms with E-state index in [1.165, 1.54) is 6.08 Å². The molecular weight excluding hydrogens is 195 g/mol. The number of halogens is 2. The maximum Gasteiger partial charge on any atom is 0.201 e. The van der Waals surface area contributed by atoms with Crippen LogP contribution in [0.1, 0.15) is 19.3 Å². The van der Waals surface area contributed by atoms with Gasteiger partial charge in [0.2, 0.25) is 4.33 Å². The van der Waals surface area contributed by atoms with Crippen molar-refractivity contribution in [1.82, 2.24) is 0 Å². The lowest BCUT2D eigenvalue weighted by Crippen LogP contribution is -2.36. The second-order valence-corrected chi connectivity index (χ2v) is 3.99. The van der Waals surface area contributed by atoms with E-state index in [0.29, 0.717) is 12.8 Å². The van der Waals surface area contributed by atoms with Crippen LogP contribution in [0.25, 0.3) is 0 Å². The molecule has 1 rings (SSSR count). The van der Waals surface area contributed by atoms with Crippen LogP contribution in [0, 0.1) is 12.3 Å². The maximum atomic E-state index is 10.8. The number of rotatable bonds is 3. The largest absolute Gasteiger partial charge is 0.291 e. The first-order valence-corrected chi connectivity index (χ1v) is 4.41. The molecule has 0 unspecified atom stereocenters. The second kappa shape index (κ2) is 3.51. The molecule has 0 aliphatic heterocycles. The van der Waals surface area contributed by atoms with E-state index >= 15 is 0 Å². The van der Waals surface area contributed by atoms with E-state index in [-0.39, 0.29) is 5.78 Å². The third-order valence-corrected chi connectivity index (χ3v) is 2.64. The van der Waals surface area contributed by atoms with Gasteiger partial charge < -0.3 is 0 Å². The Kier molecular flexibility index (Phi) is 2.82. The minimum atomic E-state index is -1.26. The van der Waals surface area contributed by atoms with Gasteiger partial charge in [-0.2, -0.15) is 0 Å². The molecule has 0 bridgehead atoms. The number of alkyl halides is 2. The molecule has 64 valence electrons. The quantitative estimate of drug-likeness (QED) is 0.391. The molecule has 1 aliphatic rings. The summed E-state index contributed by atoms with van der Waals surface area (Å²) in [5.41, 5.74) is 0.783. The highest BCUT2D eigenvalue weighted by Crippen LogP contribution is 2.41. The van der Waals surface area contributed by atoms with E-state index in [4.69, 9.17) is 29.6 Å². The van der Waals surface area contributed by atoms with E-state index in [2.05, 4.69) is 5.92 Å². The zero-order valence-corrected chi connectivity index (χ0v) is 7.95. The molecular formula is C9H8Cl2O. The Balaban J connectivity index is 2.43. The summed E-state index contributed by atoms with van der Waals surface area (Å²) in [6.45, 7) is 0. The van der Waals surface area contributed by atoms with Crippen LogP contribution in [-0.4, -0.2) is 10.1 Å². The highest BCUT2D eigenvalue weighted by Gasteiger charge is 2.43. The van der Waals surface area contributed by atoms with Gasteiger partial charge >= 0.3 is 0 Å². The first kappa shape index (κ1) is 9.64. The van der Waals surface area contributed by atoms with Crippen molar-refractivity contribution in [3.05, 3.63) is 11.6 Å². The summed E-state index contributed by atoms with van der Waals surface area (Å²) in [4.78, 5) is 10.8. The van der Waals surface area contributed by atoms with Crippen molar-refractivity contribution < 1.29 is 4.79 Å². The van der Waals surface area contributed by atoms with Gasteiger partial charge in [-0.3, -0.25) is 4.79 Å². The lowest BCUT2D eigenvalue weighted by atomic mass is 9.91. The lowest BCUT2D eigenvalue weighted by molar-refractivity contribution is -0.116. The van der Waals surface area contributed by atoms with Gasteiger partial charge in [-0.25, -0.2) is 0 Å². The maximum absolute atomic E-state index is 10.8. The third kappa shape index (κ3) is 1.65. The summed E-state index contributed by atoms with van der Waals surface area (Å²) in [5, 5.41) is 0. The van der Waals surface area contributed by atoms with Crippen LogP contribution < -0.4 is 0 Å². The molecule has 1 aliphatic carbocycles. The lowest BCUT2D eigenvalue weighted by Gasteiger charge is -2.28. The molecule has 0 atom stereocenters. The third-order valence-electron chi connectivity index (χ3n) is 1.79. The van der Waals surface area contributed by atoms with Crippen LogP contribution in [0.4, 0.5) is 0 Å². The minimum Gasteiger partial charge on any atom is -0.291 e. The van der Waals surface area contributed by atoms with Crippen molar-refractivity contribution in [3.8, 4) is 12.3 Å². The molecule has 0 saturated carbocycles. The number of terminal acetylenes is 1. The molecule has 0 spiro atoms. The van der Waals surface area contributed by atoms with Crippen LogP contribution in [0.5, 0.6) is 0 Å². The molecule has 0 N–H and O–H groups in total. The van der Waals surface area contributed by atoms with Gasteiger partial charge in [-0.15, -0.1) is 12.3 Å². The number of ketones is 1. The molecule has 0 fully saturated rings. The van der Waals surface area contributed by atoms with E-state index in [9.17, 15) is 4.79 Å². The fourth-order valence-corrected chi connectivity index (χ4v) is 1.44. The van der Waals surface area contributed by atoms with E-state index in [0.717, 1.165) is 12.0 Å². The van der Waals surface area contributed by atoms with Gasteiger partial charge in [-0.1, -0.05) is 23.2 Å². The minimum absolute atomic E-state index is 0.221. The monoisotopic (exact) mass is 202 g/mol. The SMILES string of the molecule is C#CCCCC1=CC(=O)C1(Cl)Cl. The van der Waals surface area contributed by atoms with Gasteiger partial charge in [0.25, 0.3) is 0 Å². The van der Waals surface area contributed by atoms with Crippen molar-refractivity contribution in [2.75, 3.05) is 0 Å². The number of hydrogen-bond donors (Lipinski definition) is 0. The average molecular weight is 203 g/mol. The zero-order valence-electron chi connectivity index (χ0n) is 6.44. The number of unbranched alkanes of at least 4 members (excludes halogenated alkanes) is 1. The van der Waals surface area contributed by atoms with Gasteiger partial charge in [0.15, 0.2) is 5.78 Å². The molecule has 3 heteroatoms. The van der Waals surface area contributed by atoms with Crippen LogP contribution in [0.3, 0.4) is 0 Å². The highest BCUT2D eigenvalue weighted by molar-refractivity contribution is 6.64. The predicted octanol–water partition coefficient (Wildman–Crippen LogP) is 2.47. The molecule has 0 saturated heterocycles. The van der Waals surface area contributed by atoms with Crippen molar-refractivity contribution in [2.24, 2.45) is 0 Å². The van der Waals surface area contributed by atoms with Gasteiger partial charge in [0.05, 0.1) is 0 Å². The Bertz CT molecular complexity index is 271. The number of carbonyl (C=O) groups is 1. The fourth-order valence-electron chi connectivity index (χ4n) is 1.03. The molecule has 1 nitrogen and oxygen atoms in total. The molecule has 0 aromatic rings. The standard InChI is InChI=1S/C9H8Cl2O/c1-2-3-4-5-7-6-8(12)9(7,10)11/h1,6H,3-5H2. The Labute approximate surface area is 81.7 Å². The number of allylic oxidation sites excluding steroid dienone is 2. The Morgan fingerprint density at radius 1 is 1.58 bits per heavy atom. The Morgan fingerprint density at radius 3 is 2.67 bits per heavy atom. The van der Waals surface area contributed by atoms with Crippen molar-refractivity contribution in [2.45, 2.75) is 23.6 Å². The average Bonchev–Trinajstić information content (AvgIpc) is 2.04. The normalized spacial score (nSPS) is 19.4. The van der Waals surface area contributed by atoms with Gasteiger partial charge in [0, 0.05) is 6.42 Å². The van der Waals surface area contributed by atoms with Crippen LogP contribution in [0.15, 0.2) is 11.6 Å². The molecule has 12 heavy (non-hydrogen) atoms. The summed E-state index contributed by atoms with van der Waals surface area (Å²) in [6.07, 6.45) is 8.78. The Morgan fingerprint density at radius 2 is 2.25 bits per heavy atom. The fraction of sp³-hybridized carbons (Fsp3) is 0.444. The Hall–Kier alpha value is -0.450. The van der Waals surface area contributed by atoms with E-state index in [1.807, 2.05) is 0 Å². The smallest absolute Gasteiger partial charge is 0.201 e. The summed E-state index contributed by atoms with van der Waals surface area (Å²) >= 11 is 11.4. The second-order valence-electron chi connectivity index (χ2n) is 2.67. The van der Waals surface area contributed by atoms with Gasteiger partial charge in [-0.05, 0) is 24.5 Å². The van der Waals surface area contributed by atoms with Crippen molar-refractivity contribution in [1.29, 1.82) is 0 Å². The molecule has 0 amide bonds. The molecule has 0 aromatic heterocycles.